The highest BCUT2D eigenvalue weighted by Crippen LogP contribution is 2.21. The molecule has 0 heterocycles. The zero-order valence-electron chi connectivity index (χ0n) is 15.9. The van der Waals surface area contributed by atoms with Crippen LogP contribution in [0, 0.1) is 0 Å². The molecule has 3 N–H and O–H groups in total. The first-order valence-corrected chi connectivity index (χ1v) is 9.89. The summed E-state index contributed by atoms with van der Waals surface area (Å²) in [4.78, 5) is 10.5. The van der Waals surface area contributed by atoms with Crippen LogP contribution in [-0.2, 0) is 4.79 Å². The number of hydrogen-bond acceptors (Lipinski definition) is 3. The summed E-state index contributed by atoms with van der Waals surface area (Å²) in [6.45, 7) is 2.21. The molecule has 0 aliphatic carbocycles. The van der Waals surface area contributed by atoms with Crippen LogP contribution in [0.25, 0.3) is 6.08 Å². The van der Waals surface area contributed by atoms with Gasteiger partial charge in [-0.25, -0.2) is 0 Å². The molecule has 0 fully saturated rings. The summed E-state index contributed by atoms with van der Waals surface area (Å²) in [6.07, 6.45) is 11.6. The fourth-order valence-electron chi connectivity index (χ4n) is 2.89. The molecule has 0 amide bonds. The SMILES string of the molecule is CCCCCCCCC(O)c1ccc(/C=C\C(O)CCCC(=O)O)cc1. The smallest absolute Gasteiger partial charge is 0.303 e. The average Bonchev–Trinajstić information content (AvgIpc) is 2.63. The lowest BCUT2D eigenvalue weighted by Crippen LogP contribution is -2.03. The van der Waals surface area contributed by atoms with E-state index >= 15 is 0 Å². The predicted octanol–water partition coefficient (Wildman–Crippen LogP) is 5.10. The van der Waals surface area contributed by atoms with E-state index in [2.05, 4.69) is 6.92 Å². The quantitative estimate of drug-likeness (QED) is 0.402. The number of carbonyl (C=O) groups is 1. The molecule has 0 saturated carbocycles. The Bertz CT molecular complexity index is 521. The molecule has 146 valence electrons. The van der Waals surface area contributed by atoms with Gasteiger partial charge in [0.1, 0.15) is 0 Å². The lowest BCUT2D eigenvalue weighted by Gasteiger charge is -2.11. The monoisotopic (exact) mass is 362 g/mol. The summed E-state index contributed by atoms with van der Waals surface area (Å²) in [7, 11) is 0. The number of benzene rings is 1. The highest BCUT2D eigenvalue weighted by Gasteiger charge is 2.07. The normalized spacial score (nSPS) is 13.8. The largest absolute Gasteiger partial charge is 0.481 e. The van der Waals surface area contributed by atoms with Gasteiger partial charge in [-0.2, -0.15) is 0 Å². The van der Waals surface area contributed by atoms with Crippen molar-refractivity contribution >= 4 is 12.0 Å². The number of carboxylic acid groups (broad SMARTS) is 1. The van der Waals surface area contributed by atoms with E-state index in [-0.39, 0.29) is 6.42 Å². The Labute approximate surface area is 157 Å². The highest BCUT2D eigenvalue weighted by atomic mass is 16.4. The molecule has 0 aliphatic heterocycles. The van der Waals surface area contributed by atoms with Crippen molar-refractivity contribution in [2.45, 2.75) is 83.3 Å². The third kappa shape index (κ3) is 10.4. The molecular formula is C22H34O4. The van der Waals surface area contributed by atoms with E-state index in [9.17, 15) is 15.0 Å². The van der Waals surface area contributed by atoms with Gasteiger partial charge >= 0.3 is 5.97 Å². The fourth-order valence-corrected chi connectivity index (χ4v) is 2.89. The van der Waals surface area contributed by atoms with Crippen LogP contribution in [0.15, 0.2) is 30.3 Å². The van der Waals surface area contributed by atoms with Crippen molar-refractivity contribution in [1.82, 2.24) is 0 Å². The van der Waals surface area contributed by atoms with Gasteiger partial charge in [0.15, 0.2) is 0 Å². The highest BCUT2D eigenvalue weighted by molar-refractivity contribution is 5.66. The van der Waals surface area contributed by atoms with E-state index in [0.717, 1.165) is 24.0 Å². The summed E-state index contributed by atoms with van der Waals surface area (Å²) in [6, 6.07) is 7.72. The van der Waals surface area contributed by atoms with Gasteiger partial charge in [-0.3, -0.25) is 4.79 Å². The summed E-state index contributed by atoms with van der Waals surface area (Å²) >= 11 is 0. The van der Waals surface area contributed by atoms with E-state index in [1.807, 2.05) is 30.3 Å². The van der Waals surface area contributed by atoms with Crippen molar-refractivity contribution in [2.75, 3.05) is 0 Å². The Morgan fingerprint density at radius 1 is 0.962 bits per heavy atom. The number of rotatable bonds is 14. The Morgan fingerprint density at radius 3 is 2.27 bits per heavy atom. The zero-order chi connectivity index (χ0) is 19.2. The van der Waals surface area contributed by atoms with E-state index in [4.69, 9.17) is 5.11 Å². The van der Waals surface area contributed by atoms with Crippen LogP contribution in [0.1, 0.15) is 88.4 Å². The lowest BCUT2D eigenvalue weighted by molar-refractivity contribution is -0.137. The van der Waals surface area contributed by atoms with E-state index in [1.165, 1.54) is 32.1 Å². The van der Waals surface area contributed by atoms with Crippen molar-refractivity contribution in [3.63, 3.8) is 0 Å². The molecule has 1 rings (SSSR count). The Balaban J connectivity index is 2.33. The molecule has 0 spiro atoms. The minimum atomic E-state index is -0.837. The van der Waals surface area contributed by atoms with E-state index in [0.29, 0.717) is 12.8 Å². The number of carboxylic acids is 1. The van der Waals surface area contributed by atoms with Crippen molar-refractivity contribution < 1.29 is 20.1 Å². The lowest BCUT2D eigenvalue weighted by atomic mass is 10.0. The van der Waals surface area contributed by atoms with E-state index in [1.54, 1.807) is 6.08 Å². The Morgan fingerprint density at radius 2 is 1.62 bits per heavy atom. The Hall–Kier alpha value is -1.65. The summed E-state index contributed by atoms with van der Waals surface area (Å²) < 4.78 is 0. The second kappa shape index (κ2) is 13.5. The number of aliphatic hydroxyl groups is 2. The Kier molecular flexibility index (Phi) is 11.7. The molecule has 1 aromatic carbocycles. The first-order chi connectivity index (χ1) is 12.5. The summed E-state index contributed by atoms with van der Waals surface area (Å²) in [5.41, 5.74) is 1.88. The van der Waals surface area contributed by atoms with Gasteiger partial charge in [0, 0.05) is 6.42 Å². The number of unbranched alkanes of at least 4 members (excludes halogenated alkanes) is 5. The van der Waals surface area contributed by atoms with Gasteiger partial charge in [0.25, 0.3) is 0 Å². The topological polar surface area (TPSA) is 77.8 Å². The molecule has 1 aromatic rings. The molecule has 2 unspecified atom stereocenters. The van der Waals surface area contributed by atoms with Gasteiger partial charge in [-0.1, -0.05) is 81.9 Å². The van der Waals surface area contributed by atoms with Crippen molar-refractivity contribution in [3.8, 4) is 0 Å². The molecule has 4 heteroatoms. The molecule has 0 aromatic heterocycles. The molecule has 0 radical (unpaired) electrons. The first kappa shape index (κ1) is 22.4. The minimum absolute atomic E-state index is 0.0795. The molecule has 2 atom stereocenters. The average molecular weight is 363 g/mol. The van der Waals surface area contributed by atoms with Gasteiger partial charge in [0.2, 0.25) is 0 Å². The first-order valence-electron chi connectivity index (χ1n) is 9.89. The second-order valence-electron chi connectivity index (χ2n) is 6.95. The molecule has 0 aliphatic rings. The standard InChI is InChI=1S/C22H34O4/c1-2-3-4-5-6-7-10-21(24)19-15-12-18(13-16-19)14-17-20(23)9-8-11-22(25)26/h12-17,20-21,23-24H,2-11H2,1H3,(H,25,26)/b17-14-. The summed E-state index contributed by atoms with van der Waals surface area (Å²) in [5, 5.41) is 28.7. The van der Waals surface area contributed by atoms with Crippen LogP contribution in [0.2, 0.25) is 0 Å². The maximum atomic E-state index is 10.5. The van der Waals surface area contributed by atoms with Crippen LogP contribution in [-0.4, -0.2) is 27.4 Å². The summed E-state index contributed by atoms with van der Waals surface area (Å²) in [5.74, 6) is -0.837. The van der Waals surface area contributed by atoms with Crippen molar-refractivity contribution in [1.29, 1.82) is 0 Å². The van der Waals surface area contributed by atoms with Crippen LogP contribution < -0.4 is 0 Å². The maximum absolute atomic E-state index is 10.5. The fraction of sp³-hybridized carbons (Fsp3) is 0.591. The second-order valence-corrected chi connectivity index (χ2v) is 6.95. The molecule has 0 bridgehead atoms. The van der Waals surface area contributed by atoms with Gasteiger partial charge in [-0.05, 0) is 30.4 Å². The predicted molar refractivity (Wildman–Crippen MR) is 106 cm³/mol. The third-order valence-electron chi connectivity index (χ3n) is 4.55. The van der Waals surface area contributed by atoms with Gasteiger partial charge < -0.3 is 15.3 Å². The van der Waals surface area contributed by atoms with Crippen molar-refractivity contribution in [3.05, 3.63) is 41.5 Å². The number of aliphatic carboxylic acids is 1. The molecule has 26 heavy (non-hydrogen) atoms. The van der Waals surface area contributed by atoms with Crippen molar-refractivity contribution in [2.24, 2.45) is 0 Å². The molecule has 4 nitrogen and oxygen atoms in total. The van der Waals surface area contributed by atoms with Crippen LogP contribution >= 0.6 is 0 Å². The number of aliphatic hydroxyl groups excluding tert-OH is 2. The zero-order valence-corrected chi connectivity index (χ0v) is 15.9. The number of hydrogen-bond donors (Lipinski definition) is 3. The van der Waals surface area contributed by atoms with E-state index < -0.39 is 18.2 Å². The van der Waals surface area contributed by atoms with Crippen LogP contribution in [0.3, 0.4) is 0 Å². The molecule has 0 saturated heterocycles. The third-order valence-corrected chi connectivity index (χ3v) is 4.55. The van der Waals surface area contributed by atoms with Gasteiger partial charge in [-0.15, -0.1) is 0 Å². The minimum Gasteiger partial charge on any atom is -0.481 e. The van der Waals surface area contributed by atoms with Gasteiger partial charge in [0.05, 0.1) is 12.2 Å². The van der Waals surface area contributed by atoms with Crippen LogP contribution in [0.4, 0.5) is 0 Å². The van der Waals surface area contributed by atoms with Crippen LogP contribution in [0.5, 0.6) is 0 Å². The molecular weight excluding hydrogens is 328 g/mol. The maximum Gasteiger partial charge on any atom is 0.303 e.